The first kappa shape index (κ1) is 33.1. The largest absolute Gasteiger partial charge is 0.465 e. The Morgan fingerprint density at radius 2 is 1.81 bits per heavy atom. The van der Waals surface area contributed by atoms with Gasteiger partial charge < -0.3 is 24.5 Å². The third-order valence-corrected chi connectivity index (χ3v) is 11.7. The smallest absolute Gasteiger partial charge is 0.310 e. The molecular weight excluding hydrogens is 562 g/mol. The third kappa shape index (κ3) is 5.75. The molecule has 3 aliphatic heterocycles. The number of amides is 2. The van der Waals surface area contributed by atoms with Crippen LogP contribution in [0.3, 0.4) is 0 Å². The molecule has 3 unspecified atom stereocenters. The fourth-order valence-corrected chi connectivity index (χ4v) is 9.90. The van der Waals surface area contributed by atoms with E-state index in [0.29, 0.717) is 6.42 Å². The Bertz CT molecular complexity index is 1180. The van der Waals surface area contributed by atoms with Crippen molar-refractivity contribution in [2.24, 2.45) is 23.7 Å². The first-order valence-electron chi connectivity index (χ1n) is 15.8. The zero-order valence-corrected chi connectivity index (χ0v) is 27.2. The van der Waals surface area contributed by atoms with Crippen molar-refractivity contribution >= 4 is 40.9 Å². The van der Waals surface area contributed by atoms with E-state index in [-0.39, 0.29) is 54.6 Å². The highest BCUT2D eigenvalue weighted by Crippen LogP contribution is 2.69. The number of thioether (sulfide) groups is 1. The number of allylic oxidation sites excluding steroid dienone is 1. The van der Waals surface area contributed by atoms with Crippen molar-refractivity contribution in [2.45, 2.75) is 76.0 Å². The van der Waals surface area contributed by atoms with Gasteiger partial charge in [0.25, 0.3) is 5.91 Å². The van der Waals surface area contributed by atoms with Gasteiger partial charge in [0.1, 0.15) is 6.04 Å². The molecule has 43 heavy (non-hydrogen) atoms. The van der Waals surface area contributed by atoms with Crippen molar-refractivity contribution in [2.75, 3.05) is 42.6 Å². The number of hydrogen-bond donors (Lipinski definition) is 1. The Morgan fingerprint density at radius 1 is 1.16 bits per heavy atom. The van der Waals surface area contributed by atoms with Crippen LogP contribution in [-0.4, -0.2) is 82.7 Å². The predicted octanol–water partition coefficient (Wildman–Crippen LogP) is 4.92. The summed E-state index contributed by atoms with van der Waals surface area (Å²) < 4.78 is 4.91. The van der Waals surface area contributed by atoms with Gasteiger partial charge in [0.2, 0.25) is 5.91 Å². The summed E-state index contributed by atoms with van der Waals surface area (Å²) >= 11 is 1.62. The van der Waals surface area contributed by atoms with Gasteiger partial charge in [0.05, 0.1) is 35.8 Å². The summed E-state index contributed by atoms with van der Waals surface area (Å²) in [5.74, 6) is -2.17. The molecule has 0 aromatic heterocycles. The number of esters is 1. The molecule has 3 saturated heterocycles. The van der Waals surface area contributed by atoms with Gasteiger partial charge in [-0.25, -0.2) is 0 Å². The zero-order chi connectivity index (χ0) is 31.5. The second-order valence-corrected chi connectivity index (χ2v) is 13.9. The number of aliphatic hydroxyl groups excluding tert-OH is 1. The van der Waals surface area contributed by atoms with Crippen LogP contribution < -0.4 is 9.80 Å². The van der Waals surface area contributed by atoms with E-state index in [9.17, 15) is 19.5 Å². The molecular formula is C34H49N3O5S. The minimum Gasteiger partial charge on any atom is -0.465 e. The first-order valence-corrected chi connectivity index (χ1v) is 16.7. The van der Waals surface area contributed by atoms with Crippen LogP contribution in [0.4, 0.5) is 11.4 Å². The monoisotopic (exact) mass is 611 g/mol. The molecule has 8 nitrogen and oxygen atoms in total. The van der Waals surface area contributed by atoms with Crippen LogP contribution in [0.5, 0.6) is 0 Å². The first-order chi connectivity index (χ1) is 20.6. The van der Waals surface area contributed by atoms with Gasteiger partial charge in [0, 0.05) is 36.3 Å². The second-order valence-electron chi connectivity index (χ2n) is 12.3. The Morgan fingerprint density at radius 3 is 2.37 bits per heavy atom. The molecule has 0 aliphatic carbocycles. The molecule has 1 spiro atoms. The molecule has 4 rings (SSSR count). The number of unbranched alkanes of at least 4 members (excludes halogenated alkanes) is 1. The number of fused-ring (bicyclic) bond motifs is 1. The molecule has 3 heterocycles. The number of ether oxygens (including phenoxy) is 1. The maximum Gasteiger partial charge on any atom is 0.310 e. The fraction of sp³-hybridized carbons (Fsp3) is 0.618. The van der Waals surface area contributed by atoms with Gasteiger partial charge >= 0.3 is 5.97 Å². The van der Waals surface area contributed by atoms with Crippen molar-refractivity contribution in [3.8, 4) is 0 Å². The number of benzene rings is 1. The zero-order valence-electron chi connectivity index (χ0n) is 26.4. The van der Waals surface area contributed by atoms with E-state index in [2.05, 4.69) is 38.8 Å². The average Bonchev–Trinajstić information content (AvgIpc) is 3.59. The Hall–Kier alpha value is -2.78. The fourth-order valence-electron chi connectivity index (χ4n) is 7.51. The Labute approximate surface area is 261 Å². The number of carbonyl (C=O) groups is 3. The minimum atomic E-state index is -0.837. The summed E-state index contributed by atoms with van der Waals surface area (Å²) in [6, 6.07) is 6.54. The van der Waals surface area contributed by atoms with E-state index < -0.39 is 28.7 Å². The number of anilines is 2. The molecule has 3 fully saturated rings. The highest BCUT2D eigenvalue weighted by molar-refractivity contribution is 8.02. The highest BCUT2D eigenvalue weighted by atomic mass is 32.2. The third-order valence-electron chi connectivity index (χ3n) is 9.67. The molecule has 0 radical (unpaired) electrons. The van der Waals surface area contributed by atoms with Crippen molar-refractivity contribution < 1.29 is 24.2 Å². The van der Waals surface area contributed by atoms with Crippen LogP contribution in [0.15, 0.2) is 49.6 Å². The lowest BCUT2D eigenvalue weighted by Crippen LogP contribution is -2.60. The molecule has 1 N–H and O–H groups in total. The molecule has 1 aromatic rings. The molecule has 7 atom stereocenters. The summed E-state index contributed by atoms with van der Waals surface area (Å²) in [6.45, 7) is 19.9. The van der Waals surface area contributed by atoms with E-state index >= 15 is 0 Å². The SMILES string of the molecule is C=CCCCOC(=O)[C@@H]1[C@@H]2CC(C)C3(S2)C(C(=O)N(CC=C)c2ccc(N(CC)CC)cc2)N([C@@H](CO)C(C)C)C(=O)[C@H]13. The van der Waals surface area contributed by atoms with Crippen LogP contribution in [-0.2, 0) is 19.1 Å². The van der Waals surface area contributed by atoms with E-state index in [4.69, 9.17) is 4.74 Å². The normalized spacial score (nSPS) is 28.1. The van der Waals surface area contributed by atoms with Crippen molar-refractivity contribution in [3.05, 3.63) is 49.6 Å². The van der Waals surface area contributed by atoms with E-state index in [1.54, 1.807) is 33.7 Å². The summed E-state index contributed by atoms with van der Waals surface area (Å²) in [5, 5.41) is 10.5. The van der Waals surface area contributed by atoms with E-state index in [0.717, 1.165) is 37.3 Å². The molecule has 2 amide bonds. The average molecular weight is 612 g/mol. The van der Waals surface area contributed by atoms with E-state index in [1.165, 1.54) is 0 Å². The van der Waals surface area contributed by atoms with Gasteiger partial charge in [-0.2, -0.15) is 0 Å². The maximum absolute atomic E-state index is 14.9. The van der Waals surface area contributed by atoms with Gasteiger partial charge in [-0.05, 0) is 69.2 Å². The highest BCUT2D eigenvalue weighted by Gasteiger charge is 2.77. The summed E-state index contributed by atoms with van der Waals surface area (Å²) in [5.41, 5.74) is 1.80. The maximum atomic E-state index is 14.9. The number of hydrogen-bond acceptors (Lipinski definition) is 7. The number of carbonyl (C=O) groups excluding carboxylic acids is 3. The molecule has 9 heteroatoms. The summed E-state index contributed by atoms with van der Waals surface area (Å²) in [7, 11) is 0. The molecule has 2 bridgehead atoms. The van der Waals surface area contributed by atoms with Crippen LogP contribution >= 0.6 is 11.8 Å². The lowest BCUT2D eigenvalue weighted by molar-refractivity contribution is -0.155. The predicted molar refractivity (Wildman–Crippen MR) is 174 cm³/mol. The van der Waals surface area contributed by atoms with Crippen molar-refractivity contribution in [3.63, 3.8) is 0 Å². The second kappa shape index (κ2) is 13.9. The summed E-state index contributed by atoms with van der Waals surface area (Å²) in [4.78, 5) is 48.6. The summed E-state index contributed by atoms with van der Waals surface area (Å²) in [6.07, 6.45) is 5.64. The van der Waals surface area contributed by atoms with Gasteiger partial charge in [0.15, 0.2) is 0 Å². The van der Waals surface area contributed by atoms with Crippen LogP contribution in [0.25, 0.3) is 0 Å². The molecule has 1 aromatic carbocycles. The lowest BCUT2D eigenvalue weighted by atomic mass is 9.66. The molecule has 236 valence electrons. The Balaban J connectivity index is 1.77. The number of rotatable bonds is 15. The number of likely N-dealkylation sites (tertiary alicyclic amines) is 1. The van der Waals surface area contributed by atoms with Crippen molar-refractivity contribution in [1.29, 1.82) is 0 Å². The number of aliphatic hydroxyl groups is 1. The quantitative estimate of drug-likeness (QED) is 0.171. The van der Waals surface area contributed by atoms with Crippen molar-refractivity contribution in [1.82, 2.24) is 4.90 Å². The standard InChI is InChI=1S/C34H49N3O5S/c1-8-12-13-19-42-33(41)28-27-20-23(7)34(43-27)29(28)31(39)37(26(21-38)22(5)6)30(34)32(40)36(18-9-2)25-16-14-24(15-17-25)35(10-3)11-4/h8-9,14-17,22-23,26-30,38H,1-2,10-13,18-21H2,3-7H3/t23?,26-,27-,28+,29-,30?,34?/m0/s1. The topological polar surface area (TPSA) is 90.4 Å². The minimum absolute atomic E-state index is 0.0161. The molecule has 3 aliphatic rings. The van der Waals surface area contributed by atoms with E-state index in [1.807, 2.05) is 38.1 Å². The number of nitrogens with zero attached hydrogens (tertiary/aromatic N) is 3. The van der Waals surface area contributed by atoms with Gasteiger partial charge in [-0.15, -0.1) is 24.9 Å². The lowest BCUT2D eigenvalue weighted by Gasteiger charge is -2.42. The molecule has 0 saturated carbocycles. The van der Waals surface area contributed by atoms with Crippen LogP contribution in [0, 0.1) is 23.7 Å². The van der Waals surface area contributed by atoms with Gasteiger partial charge in [-0.3, -0.25) is 14.4 Å². The van der Waals surface area contributed by atoms with Gasteiger partial charge in [-0.1, -0.05) is 32.9 Å². The van der Waals surface area contributed by atoms with Crippen LogP contribution in [0.1, 0.15) is 53.9 Å². The van der Waals surface area contributed by atoms with Crippen LogP contribution in [0.2, 0.25) is 0 Å². The Kier molecular flexibility index (Phi) is 10.7.